The fourth-order valence-corrected chi connectivity index (χ4v) is 2.38. The average molecular weight is 272 g/mol. The molecule has 114 valence electrons. The van der Waals surface area contributed by atoms with Gasteiger partial charge in [0.05, 0.1) is 13.2 Å². The molecule has 0 aromatic heterocycles. The van der Waals surface area contributed by atoms with E-state index in [0.29, 0.717) is 12.1 Å². The van der Waals surface area contributed by atoms with E-state index in [1.165, 1.54) is 19.3 Å². The Kier molecular flexibility index (Phi) is 7.29. The van der Waals surface area contributed by atoms with Crippen LogP contribution in [0.1, 0.15) is 46.0 Å². The lowest BCUT2D eigenvalue weighted by Gasteiger charge is -2.30. The summed E-state index contributed by atoms with van der Waals surface area (Å²) in [6.07, 6.45) is 5.92. The first-order chi connectivity index (χ1) is 9.00. The summed E-state index contributed by atoms with van der Waals surface area (Å²) in [7, 11) is 3.90. The van der Waals surface area contributed by atoms with Crippen LogP contribution in [0, 0.1) is 0 Å². The first kappa shape index (κ1) is 16.9. The van der Waals surface area contributed by atoms with Crippen LogP contribution in [0.4, 0.5) is 0 Å². The fourth-order valence-electron chi connectivity index (χ4n) is 2.38. The number of hydrogen-bond acceptors (Lipinski definition) is 4. The summed E-state index contributed by atoms with van der Waals surface area (Å²) in [6, 6.07) is 1.13. The Morgan fingerprint density at radius 3 is 2.63 bits per heavy atom. The van der Waals surface area contributed by atoms with E-state index < -0.39 is 0 Å². The molecular weight excluding hydrogens is 240 g/mol. The van der Waals surface area contributed by atoms with E-state index in [2.05, 4.69) is 31.1 Å². The van der Waals surface area contributed by atoms with Crippen molar-refractivity contribution in [3.8, 4) is 0 Å². The summed E-state index contributed by atoms with van der Waals surface area (Å²) >= 11 is 0. The van der Waals surface area contributed by atoms with Crippen molar-refractivity contribution in [2.45, 2.75) is 63.6 Å². The smallest absolute Gasteiger partial charge is 0.0615 e. The third-order valence-corrected chi connectivity index (χ3v) is 4.13. The van der Waals surface area contributed by atoms with Crippen LogP contribution >= 0.6 is 0 Å². The predicted molar refractivity (Wildman–Crippen MR) is 79.5 cm³/mol. The predicted octanol–water partition coefficient (Wildman–Crippen LogP) is 1.63. The highest BCUT2D eigenvalue weighted by Gasteiger charge is 2.31. The van der Waals surface area contributed by atoms with Gasteiger partial charge in [-0.15, -0.1) is 0 Å². The number of nitrogens with one attached hydrogen (secondary N) is 1. The van der Waals surface area contributed by atoms with E-state index in [9.17, 15) is 5.11 Å². The summed E-state index contributed by atoms with van der Waals surface area (Å²) in [6.45, 7) is 6.45. The normalized spacial score (nSPS) is 20.5. The molecular formula is C15H32N2O2. The molecule has 1 saturated carbocycles. The van der Waals surface area contributed by atoms with Crippen LogP contribution in [0.5, 0.6) is 0 Å². The number of hydrogen-bond donors (Lipinski definition) is 2. The maximum atomic E-state index is 9.54. The Morgan fingerprint density at radius 1 is 1.42 bits per heavy atom. The lowest BCUT2D eigenvalue weighted by atomic mass is 9.95. The molecule has 1 rings (SSSR count). The number of unbranched alkanes of at least 4 members (excludes halogenated alkanes) is 1. The third kappa shape index (κ3) is 6.70. The van der Waals surface area contributed by atoms with Gasteiger partial charge in [-0.05, 0) is 53.1 Å². The maximum absolute atomic E-state index is 9.54. The van der Waals surface area contributed by atoms with Gasteiger partial charge in [-0.2, -0.15) is 0 Å². The van der Waals surface area contributed by atoms with Crippen LogP contribution in [0.15, 0.2) is 0 Å². The second kappa shape index (κ2) is 8.20. The third-order valence-electron chi connectivity index (χ3n) is 4.13. The van der Waals surface area contributed by atoms with Gasteiger partial charge < -0.3 is 20.1 Å². The van der Waals surface area contributed by atoms with Gasteiger partial charge in [-0.25, -0.2) is 0 Å². The minimum atomic E-state index is -0.0854. The van der Waals surface area contributed by atoms with Gasteiger partial charge in [0.1, 0.15) is 0 Å². The average Bonchev–Trinajstić information content (AvgIpc) is 3.18. The van der Waals surface area contributed by atoms with E-state index in [1.54, 1.807) is 7.11 Å². The van der Waals surface area contributed by atoms with Crippen LogP contribution in [0.3, 0.4) is 0 Å². The van der Waals surface area contributed by atoms with Gasteiger partial charge in [-0.1, -0.05) is 6.42 Å². The first-order valence-corrected chi connectivity index (χ1v) is 7.58. The second-order valence-corrected chi connectivity index (χ2v) is 6.38. The molecule has 1 fully saturated rings. The highest BCUT2D eigenvalue weighted by atomic mass is 16.5. The fraction of sp³-hybridized carbons (Fsp3) is 1.00. The van der Waals surface area contributed by atoms with Crippen LogP contribution in [-0.2, 0) is 4.74 Å². The minimum Gasteiger partial charge on any atom is -0.394 e. The summed E-state index contributed by atoms with van der Waals surface area (Å²) in [5, 5.41) is 13.1. The molecule has 2 atom stereocenters. The van der Waals surface area contributed by atoms with Crippen molar-refractivity contribution in [1.82, 2.24) is 10.2 Å². The number of likely N-dealkylation sites (N-methyl/N-ethyl adjacent to an activating group) is 1. The van der Waals surface area contributed by atoms with Crippen molar-refractivity contribution < 1.29 is 9.84 Å². The molecule has 0 saturated heterocycles. The molecule has 4 heteroatoms. The number of aliphatic hydroxyl groups is 1. The summed E-state index contributed by atoms with van der Waals surface area (Å²) in [4.78, 5) is 2.34. The standard InChI is InChI=1S/C15H32N2O2/c1-13(11-19-4)17(3)10-6-5-9-15(2,12-18)16-14-7-8-14/h13-14,16,18H,5-12H2,1-4H3. The Balaban J connectivity index is 2.14. The Hall–Kier alpha value is -0.160. The van der Waals surface area contributed by atoms with Crippen molar-refractivity contribution >= 4 is 0 Å². The zero-order chi connectivity index (χ0) is 14.3. The number of aliphatic hydroxyl groups excluding tert-OH is 1. The van der Waals surface area contributed by atoms with Gasteiger partial charge in [0, 0.05) is 24.7 Å². The van der Waals surface area contributed by atoms with Crippen LogP contribution in [-0.4, -0.2) is 61.5 Å². The van der Waals surface area contributed by atoms with E-state index >= 15 is 0 Å². The van der Waals surface area contributed by atoms with E-state index in [0.717, 1.165) is 26.0 Å². The Morgan fingerprint density at radius 2 is 2.11 bits per heavy atom. The first-order valence-electron chi connectivity index (χ1n) is 7.58. The highest BCUT2D eigenvalue weighted by Crippen LogP contribution is 2.24. The molecule has 0 bridgehead atoms. The molecule has 0 heterocycles. The zero-order valence-corrected chi connectivity index (χ0v) is 13.1. The molecule has 0 aromatic rings. The van der Waals surface area contributed by atoms with E-state index in [1.807, 2.05) is 0 Å². The molecule has 19 heavy (non-hydrogen) atoms. The van der Waals surface area contributed by atoms with E-state index in [-0.39, 0.29) is 12.1 Å². The molecule has 2 unspecified atom stereocenters. The van der Waals surface area contributed by atoms with Crippen molar-refractivity contribution in [3.63, 3.8) is 0 Å². The topological polar surface area (TPSA) is 44.7 Å². The number of rotatable bonds is 11. The van der Waals surface area contributed by atoms with Gasteiger partial charge in [0.15, 0.2) is 0 Å². The summed E-state index contributed by atoms with van der Waals surface area (Å²) in [5.41, 5.74) is -0.0854. The monoisotopic (exact) mass is 272 g/mol. The molecule has 2 N–H and O–H groups in total. The summed E-state index contributed by atoms with van der Waals surface area (Å²) < 4.78 is 5.17. The molecule has 4 nitrogen and oxygen atoms in total. The van der Waals surface area contributed by atoms with Crippen LogP contribution < -0.4 is 5.32 Å². The van der Waals surface area contributed by atoms with Crippen LogP contribution in [0.25, 0.3) is 0 Å². The van der Waals surface area contributed by atoms with Gasteiger partial charge in [0.25, 0.3) is 0 Å². The number of nitrogens with zero attached hydrogens (tertiary/aromatic N) is 1. The minimum absolute atomic E-state index is 0.0854. The van der Waals surface area contributed by atoms with E-state index in [4.69, 9.17) is 4.74 Å². The van der Waals surface area contributed by atoms with Crippen molar-refractivity contribution in [3.05, 3.63) is 0 Å². The molecule has 0 amide bonds. The largest absolute Gasteiger partial charge is 0.394 e. The SMILES string of the molecule is COCC(C)N(C)CCCCC(C)(CO)NC1CC1. The van der Waals surface area contributed by atoms with Crippen molar-refractivity contribution in [1.29, 1.82) is 0 Å². The molecule has 0 spiro atoms. The van der Waals surface area contributed by atoms with Gasteiger partial charge in [-0.3, -0.25) is 0 Å². The number of methoxy groups -OCH3 is 1. The molecule has 0 aromatic carbocycles. The quantitative estimate of drug-likeness (QED) is 0.561. The summed E-state index contributed by atoms with van der Waals surface area (Å²) in [5.74, 6) is 0. The molecule has 0 radical (unpaired) electrons. The number of ether oxygens (including phenoxy) is 1. The molecule has 1 aliphatic rings. The Bertz CT molecular complexity index is 246. The molecule has 1 aliphatic carbocycles. The van der Waals surface area contributed by atoms with Crippen molar-refractivity contribution in [2.75, 3.05) is 33.9 Å². The maximum Gasteiger partial charge on any atom is 0.0615 e. The highest BCUT2D eigenvalue weighted by molar-refractivity contribution is 4.92. The zero-order valence-electron chi connectivity index (χ0n) is 13.1. The lowest BCUT2D eigenvalue weighted by Crippen LogP contribution is -2.47. The van der Waals surface area contributed by atoms with Crippen molar-refractivity contribution in [2.24, 2.45) is 0 Å². The lowest BCUT2D eigenvalue weighted by molar-refractivity contribution is 0.112. The van der Waals surface area contributed by atoms with Crippen LogP contribution in [0.2, 0.25) is 0 Å². The van der Waals surface area contributed by atoms with Gasteiger partial charge >= 0.3 is 0 Å². The van der Waals surface area contributed by atoms with Gasteiger partial charge in [0.2, 0.25) is 0 Å². The Labute approximate surface area is 118 Å². The molecule has 0 aliphatic heterocycles. The second-order valence-electron chi connectivity index (χ2n) is 6.38.